The fourth-order valence-electron chi connectivity index (χ4n) is 5.57. The number of amides is 5. The fraction of sp³-hybridized carbons (Fsp3) is 0.484. The average Bonchev–Trinajstić information content (AvgIpc) is 3.48. The minimum absolute atomic E-state index is 0.199. The molecule has 0 spiro atoms. The van der Waals surface area contributed by atoms with Crippen molar-refractivity contribution in [1.29, 1.82) is 0 Å². The topological polar surface area (TPSA) is 141 Å². The second-order valence-corrected chi connectivity index (χ2v) is 11.7. The first kappa shape index (κ1) is 33.4. The van der Waals surface area contributed by atoms with E-state index in [1.165, 1.54) is 11.8 Å². The number of nitrogens with zero attached hydrogens (tertiary/aromatic N) is 3. The van der Waals surface area contributed by atoms with Crippen molar-refractivity contribution in [2.45, 2.75) is 70.4 Å². The summed E-state index contributed by atoms with van der Waals surface area (Å²) in [5, 5.41) is 8.30. The third kappa shape index (κ3) is 8.37. The van der Waals surface area contributed by atoms with Gasteiger partial charge in [-0.05, 0) is 49.8 Å². The monoisotopic (exact) mass is 630 g/mol. The highest BCUT2D eigenvalue weighted by Crippen LogP contribution is 2.27. The molecule has 0 unspecified atom stereocenters. The van der Waals surface area contributed by atoms with Gasteiger partial charge in [0.05, 0.1) is 18.2 Å². The predicted octanol–water partition coefficient (Wildman–Crippen LogP) is 1.92. The van der Waals surface area contributed by atoms with Gasteiger partial charge in [0.15, 0.2) is 0 Å². The van der Waals surface area contributed by atoms with Crippen LogP contribution in [0.15, 0.2) is 48.7 Å². The Morgan fingerprint density at radius 3 is 2.33 bits per heavy atom. The standard InChI is InChI=1S/C31H37F3N6O5/c1-18(2)26-28(43)37-22(14-20-8-5-4-6-9-20)16-39(30(45)21-11-12-24(35-15-21)31(32,33)34)17-25(41)36-19(3)29(44)40-13-7-10-23(40)27(42)38-26/h4-6,8-9,11-12,15,18-19,22-23,26H,7,10,13-14,16-17H2,1-3H3,(H,36,41)(H,37,43)(H,38,42)/t19-,22-,23+,26-/m0/s1. The van der Waals surface area contributed by atoms with Crippen molar-refractivity contribution >= 4 is 29.5 Å². The molecule has 2 aliphatic rings. The van der Waals surface area contributed by atoms with Crippen molar-refractivity contribution < 1.29 is 37.1 Å². The first-order valence-electron chi connectivity index (χ1n) is 14.8. The number of alkyl halides is 3. The Morgan fingerprint density at radius 2 is 1.71 bits per heavy atom. The molecule has 242 valence electrons. The molecule has 45 heavy (non-hydrogen) atoms. The van der Waals surface area contributed by atoms with Gasteiger partial charge < -0.3 is 25.8 Å². The van der Waals surface area contributed by atoms with Crippen LogP contribution in [0.25, 0.3) is 0 Å². The van der Waals surface area contributed by atoms with E-state index in [-0.39, 0.29) is 24.4 Å². The number of carbonyl (C=O) groups is 5. The normalized spacial score (nSPS) is 23.9. The largest absolute Gasteiger partial charge is 0.433 e. The Morgan fingerprint density at radius 1 is 1.00 bits per heavy atom. The maximum Gasteiger partial charge on any atom is 0.433 e. The fourth-order valence-corrected chi connectivity index (χ4v) is 5.57. The van der Waals surface area contributed by atoms with Crippen LogP contribution in [0.5, 0.6) is 0 Å². The molecule has 0 aliphatic carbocycles. The van der Waals surface area contributed by atoms with E-state index in [2.05, 4.69) is 20.9 Å². The average molecular weight is 631 g/mol. The van der Waals surface area contributed by atoms with Crippen LogP contribution in [-0.4, -0.2) is 88.1 Å². The molecule has 1 aromatic carbocycles. The molecule has 2 aromatic rings. The van der Waals surface area contributed by atoms with E-state index in [0.717, 1.165) is 22.7 Å². The van der Waals surface area contributed by atoms with Crippen LogP contribution in [0, 0.1) is 5.92 Å². The van der Waals surface area contributed by atoms with Gasteiger partial charge in [0.25, 0.3) is 5.91 Å². The molecule has 1 aromatic heterocycles. The van der Waals surface area contributed by atoms with Gasteiger partial charge in [-0.15, -0.1) is 0 Å². The lowest BCUT2D eigenvalue weighted by atomic mass is 10.00. The number of carbonyl (C=O) groups excluding carboxylic acids is 5. The van der Waals surface area contributed by atoms with E-state index in [9.17, 15) is 37.1 Å². The molecule has 4 atom stereocenters. The molecule has 2 saturated heterocycles. The van der Waals surface area contributed by atoms with Crippen LogP contribution < -0.4 is 16.0 Å². The minimum atomic E-state index is -4.71. The van der Waals surface area contributed by atoms with Gasteiger partial charge >= 0.3 is 6.18 Å². The molecule has 4 rings (SSSR count). The van der Waals surface area contributed by atoms with Gasteiger partial charge in [-0.3, -0.25) is 29.0 Å². The molecule has 3 heterocycles. The van der Waals surface area contributed by atoms with Crippen molar-refractivity contribution in [1.82, 2.24) is 30.7 Å². The van der Waals surface area contributed by atoms with Gasteiger partial charge in [0.2, 0.25) is 23.6 Å². The first-order chi connectivity index (χ1) is 21.2. The number of hydrogen-bond donors (Lipinski definition) is 3. The molecule has 2 aliphatic heterocycles. The Balaban J connectivity index is 1.72. The van der Waals surface area contributed by atoms with Crippen molar-refractivity contribution in [3.05, 3.63) is 65.5 Å². The smallest absolute Gasteiger partial charge is 0.349 e. The quantitative estimate of drug-likeness (QED) is 0.472. The van der Waals surface area contributed by atoms with Gasteiger partial charge in [-0.1, -0.05) is 44.2 Å². The zero-order valence-corrected chi connectivity index (χ0v) is 25.3. The zero-order valence-electron chi connectivity index (χ0n) is 25.3. The predicted molar refractivity (Wildman–Crippen MR) is 156 cm³/mol. The molecule has 0 bridgehead atoms. The second-order valence-electron chi connectivity index (χ2n) is 11.7. The Labute approximate surface area is 258 Å². The Hall–Kier alpha value is -4.49. The number of rotatable bonds is 4. The lowest BCUT2D eigenvalue weighted by Gasteiger charge is -2.31. The minimum Gasteiger partial charge on any atom is -0.349 e. The highest BCUT2D eigenvalue weighted by atomic mass is 19.4. The van der Waals surface area contributed by atoms with E-state index in [0.29, 0.717) is 25.5 Å². The summed E-state index contributed by atoms with van der Waals surface area (Å²) in [5.41, 5.74) is -0.577. The number of halogens is 3. The van der Waals surface area contributed by atoms with Gasteiger partial charge in [-0.2, -0.15) is 13.2 Å². The zero-order chi connectivity index (χ0) is 32.9. The van der Waals surface area contributed by atoms with E-state index in [1.807, 2.05) is 18.2 Å². The second kappa shape index (κ2) is 14.1. The van der Waals surface area contributed by atoms with Crippen LogP contribution in [0.2, 0.25) is 0 Å². The molecule has 11 nitrogen and oxygen atoms in total. The Kier molecular flexibility index (Phi) is 10.5. The van der Waals surface area contributed by atoms with Crippen LogP contribution >= 0.6 is 0 Å². The van der Waals surface area contributed by atoms with Gasteiger partial charge in [-0.25, -0.2) is 0 Å². The summed E-state index contributed by atoms with van der Waals surface area (Å²) in [6, 6.07) is 7.11. The van der Waals surface area contributed by atoms with E-state index in [4.69, 9.17) is 0 Å². The Bertz CT molecular complexity index is 1400. The number of hydrogen-bond acceptors (Lipinski definition) is 6. The van der Waals surface area contributed by atoms with Gasteiger partial charge in [0, 0.05) is 19.3 Å². The van der Waals surface area contributed by atoms with Crippen molar-refractivity contribution in [3.63, 3.8) is 0 Å². The highest BCUT2D eigenvalue weighted by Gasteiger charge is 2.39. The molecule has 2 fully saturated rings. The number of pyridine rings is 1. The van der Waals surface area contributed by atoms with E-state index in [1.54, 1.807) is 26.0 Å². The summed E-state index contributed by atoms with van der Waals surface area (Å²) in [4.78, 5) is 73.1. The van der Waals surface area contributed by atoms with Crippen molar-refractivity contribution in [2.24, 2.45) is 5.92 Å². The van der Waals surface area contributed by atoms with Gasteiger partial charge in [0.1, 0.15) is 23.8 Å². The molecule has 14 heteroatoms. The summed E-state index contributed by atoms with van der Waals surface area (Å²) >= 11 is 0. The molecule has 3 N–H and O–H groups in total. The number of nitrogens with one attached hydrogen (secondary N) is 3. The summed E-state index contributed by atoms with van der Waals surface area (Å²) in [7, 11) is 0. The molecular formula is C31H37F3N6O5. The molecule has 5 amide bonds. The van der Waals surface area contributed by atoms with E-state index >= 15 is 0 Å². The summed E-state index contributed by atoms with van der Waals surface area (Å²) < 4.78 is 39.4. The number of fused-ring (bicyclic) bond motifs is 1. The third-order valence-corrected chi connectivity index (χ3v) is 7.87. The first-order valence-corrected chi connectivity index (χ1v) is 14.8. The maximum atomic E-state index is 13.7. The van der Waals surface area contributed by atoms with Crippen LogP contribution in [0.3, 0.4) is 0 Å². The van der Waals surface area contributed by atoms with Crippen molar-refractivity contribution in [3.8, 4) is 0 Å². The lowest BCUT2D eigenvalue weighted by molar-refractivity contribution is -0.142. The SMILES string of the molecule is CC(C)[C@@H]1NC(=O)[C@H]2CCCN2C(=O)[C@H](C)NC(=O)CN(C(=O)c2ccc(C(F)(F)F)nc2)C[C@H](Cc2ccccc2)NC1=O. The molecule has 0 saturated carbocycles. The molecular weight excluding hydrogens is 593 g/mol. The number of benzene rings is 1. The van der Waals surface area contributed by atoms with Crippen LogP contribution in [0.1, 0.15) is 55.2 Å². The molecule has 0 radical (unpaired) electrons. The van der Waals surface area contributed by atoms with Crippen molar-refractivity contribution in [2.75, 3.05) is 19.6 Å². The third-order valence-electron chi connectivity index (χ3n) is 7.87. The summed E-state index contributed by atoms with van der Waals surface area (Å²) in [6.45, 7) is 4.51. The van der Waals surface area contributed by atoms with E-state index < -0.39 is 72.1 Å². The summed E-state index contributed by atoms with van der Waals surface area (Å²) in [5.74, 6) is -3.33. The summed E-state index contributed by atoms with van der Waals surface area (Å²) in [6.07, 6.45) is -2.74. The van der Waals surface area contributed by atoms with Crippen LogP contribution in [0.4, 0.5) is 13.2 Å². The maximum absolute atomic E-state index is 13.7. The number of aromatic nitrogens is 1. The highest BCUT2D eigenvalue weighted by molar-refractivity contribution is 5.98. The van der Waals surface area contributed by atoms with Crippen LogP contribution in [-0.2, 0) is 31.8 Å². The lowest BCUT2D eigenvalue weighted by Crippen LogP contribution is -2.58.